The Morgan fingerprint density at radius 3 is 2.37 bits per heavy atom. The van der Waals surface area contributed by atoms with Crippen LogP contribution in [0.5, 0.6) is 0 Å². The van der Waals surface area contributed by atoms with Crippen LogP contribution < -0.4 is 15.4 Å². The minimum absolute atomic E-state index is 0.0399. The standard InChI is InChI=1S/C27H41FN4O8S/c1-5-7-8-16(3)11-17(4)21(29-25(37)38)23(35)32-14-19(33)12-20(32)22(34)30-27(13-18(27)6-2)24(36)31-41(39,40)26(15-28)9-10-26/h5-6,16-21,29,33H,1-2,7-15H2,3-4H3,(H,30,34)(H,31,36)(H,37,38)/t16?,17-,18-,19-,20+,21+,27-/m1/s1. The van der Waals surface area contributed by atoms with Crippen molar-refractivity contribution in [1.29, 1.82) is 0 Å². The molecule has 4 amide bonds. The fraction of sp³-hybridized carbons (Fsp3) is 0.704. The van der Waals surface area contributed by atoms with E-state index in [0.717, 1.165) is 17.7 Å². The molecular weight excluding hydrogens is 559 g/mol. The van der Waals surface area contributed by atoms with Gasteiger partial charge in [0.05, 0.1) is 6.10 Å². The molecular formula is C27H41FN4O8S. The number of nitrogens with one attached hydrogen (secondary N) is 3. The molecule has 2 saturated carbocycles. The Morgan fingerprint density at radius 1 is 1.20 bits per heavy atom. The number of carbonyl (C=O) groups is 4. The number of rotatable bonds is 15. The van der Waals surface area contributed by atoms with Crippen molar-refractivity contribution in [3.63, 3.8) is 0 Å². The molecule has 3 aliphatic rings. The molecule has 1 saturated heterocycles. The molecule has 3 rings (SSSR count). The molecule has 1 heterocycles. The normalized spacial score (nSPS) is 28.5. The van der Waals surface area contributed by atoms with Crippen LogP contribution in [0.3, 0.4) is 0 Å². The van der Waals surface area contributed by atoms with E-state index in [1.54, 1.807) is 13.0 Å². The molecule has 1 aliphatic heterocycles. The number of halogens is 1. The van der Waals surface area contributed by atoms with Crippen LogP contribution in [0, 0.1) is 17.8 Å². The summed E-state index contributed by atoms with van der Waals surface area (Å²) in [5, 5.41) is 24.6. The van der Waals surface area contributed by atoms with Crippen molar-refractivity contribution in [2.75, 3.05) is 13.2 Å². The van der Waals surface area contributed by atoms with Crippen LogP contribution in [0.2, 0.25) is 0 Å². The van der Waals surface area contributed by atoms with Gasteiger partial charge in [-0.15, -0.1) is 13.2 Å². The summed E-state index contributed by atoms with van der Waals surface area (Å²) in [5.41, 5.74) is -1.67. The number of alkyl halides is 1. The van der Waals surface area contributed by atoms with Gasteiger partial charge in [0.1, 0.15) is 29.0 Å². The first-order valence-electron chi connectivity index (χ1n) is 13.8. The molecule has 7 atom stereocenters. The fourth-order valence-electron chi connectivity index (χ4n) is 5.63. The average molecular weight is 601 g/mol. The SMILES string of the molecule is C=CCCC(C)C[C@@H](C)[C@H](NC(=O)O)C(=O)N1C[C@H](O)C[C@H]1C(=O)N[C@]1(C(=O)NS(=O)(=O)C2(CF)CC2)C[C@H]1C=C. The largest absolute Gasteiger partial charge is 0.465 e. The molecule has 5 N–H and O–H groups in total. The highest BCUT2D eigenvalue weighted by Gasteiger charge is 2.63. The number of allylic oxidation sites excluding steroid dienone is 1. The van der Waals surface area contributed by atoms with Crippen molar-refractivity contribution in [3.8, 4) is 0 Å². The number of nitrogens with zero attached hydrogens (tertiary/aromatic N) is 1. The summed E-state index contributed by atoms with van der Waals surface area (Å²) in [6.07, 6.45) is 2.76. The second-order valence-electron chi connectivity index (χ2n) is 11.8. The zero-order valence-electron chi connectivity index (χ0n) is 23.5. The highest BCUT2D eigenvalue weighted by molar-refractivity contribution is 7.91. The van der Waals surface area contributed by atoms with Crippen LogP contribution in [-0.4, -0.2) is 89.0 Å². The zero-order chi connectivity index (χ0) is 30.8. The molecule has 0 aromatic carbocycles. The van der Waals surface area contributed by atoms with E-state index in [9.17, 15) is 42.2 Å². The zero-order valence-corrected chi connectivity index (χ0v) is 24.3. The van der Waals surface area contributed by atoms with Crippen LogP contribution in [0.25, 0.3) is 0 Å². The van der Waals surface area contributed by atoms with E-state index >= 15 is 0 Å². The van der Waals surface area contributed by atoms with E-state index in [2.05, 4.69) is 23.8 Å². The number of carboxylic acid groups (broad SMARTS) is 1. The second-order valence-corrected chi connectivity index (χ2v) is 13.8. The molecule has 12 nitrogen and oxygen atoms in total. The van der Waals surface area contributed by atoms with E-state index < -0.39 is 80.8 Å². The predicted molar refractivity (Wildman–Crippen MR) is 148 cm³/mol. The Balaban J connectivity index is 1.78. The number of β-amino-alcohol motifs (C(OH)–C–C–N with tert-alkyl or cyclic N) is 1. The van der Waals surface area contributed by atoms with Crippen molar-refractivity contribution in [3.05, 3.63) is 25.3 Å². The van der Waals surface area contributed by atoms with E-state index in [-0.39, 0.29) is 38.1 Å². The second kappa shape index (κ2) is 12.5. The summed E-state index contributed by atoms with van der Waals surface area (Å²) in [7, 11) is -4.34. The minimum Gasteiger partial charge on any atom is -0.465 e. The summed E-state index contributed by atoms with van der Waals surface area (Å²) in [4.78, 5) is 52.9. The van der Waals surface area contributed by atoms with E-state index in [4.69, 9.17) is 0 Å². The molecule has 2 aliphatic carbocycles. The highest BCUT2D eigenvalue weighted by Crippen LogP contribution is 2.47. The number of hydrogen-bond donors (Lipinski definition) is 5. The monoisotopic (exact) mass is 600 g/mol. The van der Waals surface area contributed by atoms with Gasteiger partial charge in [0, 0.05) is 18.9 Å². The third-order valence-electron chi connectivity index (χ3n) is 8.52. The number of sulfonamides is 1. The number of aliphatic hydroxyl groups is 1. The van der Waals surface area contributed by atoms with Gasteiger partial charge in [-0.3, -0.25) is 19.1 Å². The van der Waals surface area contributed by atoms with Crippen molar-refractivity contribution in [2.45, 2.75) is 87.3 Å². The van der Waals surface area contributed by atoms with Crippen LogP contribution in [0.15, 0.2) is 25.3 Å². The van der Waals surface area contributed by atoms with Crippen LogP contribution in [0.4, 0.5) is 9.18 Å². The fourth-order valence-corrected chi connectivity index (χ4v) is 7.05. The molecule has 230 valence electrons. The quantitative estimate of drug-likeness (QED) is 0.174. The van der Waals surface area contributed by atoms with Crippen LogP contribution in [-0.2, 0) is 24.4 Å². The highest BCUT2D eigenvalue weighted by atomic mass is 32.2. The molecule has 0 aromatic rings. The lowest BCUT2D eigenvalue weighted by molar-refractivity contribution is -0.142. The predicted octanol–water partition coefficient (Wildman–Crippen LogP) is 1.22. The summed E-state index contributed by atoms with van der Waals surface area (Å²) < 4.78 is 39.0. The van der Waals surface area contributed by atoms with Crippen LogP contribution in [0.1, 0.15) is 58.8 Å². The van der Waals surface area contributed by atoms with Gasteiger partial charge in [0.15, 0.2) is 0 Å². The van der Waals surface area contributed by atoms with Crippen molar-refractivity contribution in [1.82, 2.24) is 20.3 Å². The van der Waals surface area contributed by atoms with E-state index in [1.165, 1.54) is 6.08 Å². The number of likely N-dealkylation sites (tertiary alicyclic amines) is 1. The molecule has 41 heavy (non-hydrogen) atoms. The number of carbonyl (C=O) groups excluding carboxylic acids is 3. The molecule has 1 unspecified atom stereocenters. The smallest absolute Gasteiger partial charge is 0.405 e. The molecule has 0 radical (unpaired) electrons. The molecule has 3 fully saturated rings. The first kappa shape index (κ1) is 32.5. The summed E-state index contributed by atoms with van der Waals surface area (Å²) in [5.74, 6) is -3.43. The van der Waals surface area contributed by atoms with Crippen LogP contribution >= 0.6 is 0 Å². The number of amides is 4. The maximum atomic E-state index is 13.6. The molecule has 0 aromatic heterocycles. The number of aliphatic hydroxyl groups excluding tert-OH is 1. The van der Waals surface area contributed by atoms with Crippen molar-refractivity contribution in [2.24, 2.45) is 17.8 Å². The first-order valence-corrected chi connectivity index (χ1v) is 15.3. The number of hydrogen-bond acceptors (Lipinski definition) is 7. The molecule has 14 heteroatoms. The summed E-state index contributed by atoms with van der Waals surface area (Å²) in [6.45, 7) is 9.66. The minimum atomic E-state index is -4.34. The summed E-state index contributed by atoms with van der Waals surface area (Å²) in [6, 6.07) is -2.44. The summed E-state index contributed by atoms with van der Waals surface area (Å²) >= 11 is 0. The van der Waals surface area contributed by atoms with Gasteiger partial charge < -0.3 is 25.7 Å². The maximum Gasteiger partial charge on any atom is 0.405 e. The van der Waals surface area contributed by atoms with Crippen molar-refractivity contribution < 1.29 is 42.2 Å². The Labute approximate surface area is 239 Å². The topological polar surface area (TPSA) is 182 Å². The van der Waals surface area contributed by atoms with Gasteiger partial charge in [-0.2, -0.15) is 0 Å². The van der Waals surface area contributed by atoms with Gasteiger partial charge in [0.2, 0.25) is 21.8 Å². The molecule has 0 bridgehead atoms. The lowest BCUT2D eigenvalue weighted by Gasteiger charge is -2.32. The molecule has 0 spiro atoms. The van der Waals surface area contributed by atoms with Gasteiger partial charge in [-0.05, 0) is 50.4 Å². The third-order valence-corrected chi connectivity index (χ3v) is 10.6. The Hall–Kier alpha value is -3.00. The van der Waals surface area contributed by atoms with Gasteiger partial charge in [-0.25, -0.2) is 17.6 Å². The van der Waals surface area contributed by atoms with Gasteiger partial charge in [-0.1, -0.05) is 26.0 Å². The Bertz CT molecular complexity index is 1180. The Morgan fingerprint density at radius 2 is 1.85 bits per heavy atom. The average Bonchev–Trinajstić information content (AvgIpc) is 3.81. The Kier molecular flexibility index (Phi) is 9.89. The van der Waals surface area contributed by atoms with E-state index in [1.807, 2.05) is 11.6 Å². The van der Waals surface area contributed by atoms with E-state index in [0.29, 0.717) is 6.42 Å². The third kappa shape index (κ3) is 6.91. The lowest BCUT2D eigenvalue weighted by Crippen LogP contribution is -2.59. The first-order chi connectivity index (χ1) is 19.2. The van der Waals surface area contributed by atoms with Gasteiger partial charge in [0.25, 0.3) is 5.91 Å². The van der Waals surface area contributed by atoms with Gasteiger partial charge >= 0.3 is 6.09 Å². The van der Waals surface area contributed by atoms with Crippen molar-refractivity contribution >= 4 is 33.8 Å². The maximum absolute atomic E-state index is 13.6. The lowest BCUT2D eigenvalue weighted by atomic mass is 9.88.